The van der Waals surface area contributed by atoms with Gasteiger partial charge in [0.2, 0.25) is 0 Å². The molecule has 1 aromatic rings. The van der Waals surface area contributed by atoms with Crippen molar-refractivity contribution in [2.45, 2.75) is 52.4 Å². The van der Waals surface area contributed by atoms with Crippen molar-refractivity contribution in [3.05, 3.63) is 29.8 Å². The van der Waals surface area contributed by atoms with Crippen LogP contribution in [0.3, 0.4) is 0 Å². The molecule has 1 rings (SSSR count). The van der Waals surface area contributed by atoms with Gasteiger partial charge in [-0.1, -0.05) is 57.2 Å². The Labute approximate surface area is 114 Å². The van der Waals surface area contributed by atoms with Crippen LogP contribution in [0.15, 0.2) is 24.3 Å². The Kier molecular flexibility index (Phi) is 8.09. The van der Waals surface area contributed by atoms with E-state index in [0.29, 0.717) is 0 Å². The molecule has 0 aliphatic rings. The molecule has 0 saturated carbocycles. The quantitative estimate of drug-likeness (QED) is 0.440. The molecule has 0 heterocycles. The molecule has 0 amide bonds. The van der Waals surface area contributed by atoms with E-state index in [1.54, 1.807) is 0 Å². The summed E-state index contributed by atoms with van der Waals surface area (Å²) in [7, 11) is -0.0475. The van der Waals surface area contributed by atoms with E-state index in [2.05, 4.69) is 49.9 Å². The molecule has 1 atom stereocenters. The van der Waals surface area contributed by atoms with Crippen molar-refractivity contribution < 1.29 is 0 Å². The fraction of sp³-hybridized carbons (Fsp3) is 0.625. The smallest absolute Gasteiger partial charge is 0.0402 e. The molecule has 0 fully saturated rings. The number of unbranched alkanes of at least 4 members (excludes halogenated alkanes) is 5. The van der Waals surface area contributed by atoms with Gasteiger partial charge >= 0.3 is 0 Å². The molecule has 0 bridgehead atoms. The van der Waals surface area contributed by atoms with Gasteiger partial charge in [0.15, 0.2) is 0 Å². The second kappa shape index (κ2) is 9.39. The maximum Gasteiger partial charge on any atom is 0.0402 e. The maximum absolute atomic E-state index is 3.68. The lowest BCUT2D eigenvalue weighted by atomic mass is 10.1. The number of para-hydroxylation sites is 1. The van der Waals surface area contributed by atoms with E-state index in [4.69, 9.17) is 0 Å². The van der Waals surface area contributed by atoms with Crippen LogP contribution < -0.4 is 5.09 Å². The zero-order chi connectivity index (χ0) is 13.2. The number of rotatable bonds is 9. The maximum atomic E-state index is 3.68. The normalized spacial score (nSPS) is 12.4. The molecule has 18 heavy (non-hydrogen) atoms. The Balaban J connectivity index is 2.14. The molecule has 0 aromatic heterocycles. The number of nitrogens with one attached hydrogen (secondary N) is 1. The van der Waals surface area contributed by atoms with Gasteiger partial charge in [-0.15, -0.1) is 0 Å². The van der Waals surface area contributed by atoms with Crippen LogP contribution in [-0.2, 0) is 0 Å². The molecule has 102 valence electrons. The van der Waals surface area contributed by atoms with Gasteiger partial charge in [-0.25, -0.2) is 0 Å². The van der Waals surface area contributed by atoms with Crippen molar-refractivity contribution in [1.29, 1.82) is 0 Å². The number of aryl methyl sites for hydroxylation is 1. The van der Waals surface area contributed by atoms with Gasteiger partial charge in [-0.2, -0.15) is 0 Å². The van der Waals surface area contributed by atoms with E-state index < -0.39 is 0 Å². The third kappa shape index (κ3) is 6.40. The van der Waals surface area contributed by atoms with E-state index in [1.165, 1.54) is 55.9 Å². The molecule has 1 nitrogen and oxygen atoms in total. The molecule has 1 aromatic carbocycles. The largest absolute Gasteiger partial charge is 0.364 e. The third-order valence-corrected chi connectivity index (χ3v) is 4.91. The van der Waals surface area contributed by atoms with Crippen LogP contribution in [0.2, 0.25) is 0 Å². The lowest BCUT2D eigenvalue weighted by molar-refractivity contribution is 0.626. The van der Waals surface area contributed by atoms with Crippen LogP contribution in [0.4, 0.5) is 5.69 Å². The molecule has 0 saturated heterocycles. The van der Waals surface area contributed by atoms with E-state index in [9.17, 15) is 0 Å². The SMILES string of the molecule is CCCCCCCCP(C)Nc1ccccc1C. The molecule has 0 spiro atoms. The molecule has 0 aliphatic carbocycles. The minimum atomic E-state index is -0.0475. The Morgan fingerprint density at radius 3 is 2.39 bits per heavy atom. The third-order valence-electron chi connectivity index (χ3n) is 3.30. The Morgan fingerprint density at radius 1 is 1.00 bits per heavy atom. The van der Waals surface area contributed by atoms with Gasteiger partial charge in [0.1, 0.15) is 0 Å². The number of anilines is 1. The van der Waals surface area contributed by atoms with Crippen LogP contribution in [0.25, 0.3) is 0 Å². The predicted octanol–water partition coefficient (Wildman–Crippen LogP) is 5.79. The van der Waals surface area contributed by atoms with Crippen molar-refractivity contribution in [1.82, 2.24) is 0 Å². The average molecular weight is 265 g/mol. The molecule has 1 N–H and O–H groups in total. The van der Waals surface area contributed by atoms with Crippen LogP contribution in [0.5, 0.6) is 0 Å². The minimum absolute atomic E-state index is 0.0475. The highest BCUT2D eigenvalue weighted by molar-refractivity contribution is 7.58. The molecular weight excluding hydrogens is 237 g/mol. The lowest BCUT2D eigenvalue weighted by Crippen LogP contribution is -1.97. The second-order valence-electron chi connectivity index (χ2n) is 5.12. The molecular formula is C16H28NP. The second-order valence-corrected chi connectivity index (χ2v) is 7.18. The zero-order valence-electron chi connectivity index (χ0n) is 12.2. The van der Waals surface area contributed by atoms with Crippen LogP contribution in [0, 0.1) is 6.92 Å². The first-order valence-corrected chi connectivity index (χ1v) is 9.25. The summed E-state index contributed by atoms with van der Waals surface area (Å²) in [5, 5.41) is 3.68. The summed E-state index contributed by atoms with van der Waals surface area (Å²) in [4.78, 5) is 0. The van der Waals surface area contributed by atoms with E-state index in [0.717, 1.165) is 0 Å². The fourth-order valence-electron chi connectivity index (χ4n) is 2.09. The Morgan fingerprint density at radius 2 is 1.67 bits per heavy atom. The summed E-state index contributed by atoms with van der Waals surface area (Å²) in [6, 6.07) is 8.58. The Hall–Kier alpha value is -0.550. The highest BCUT2D eigenvalue weighted by Crippen LogP contribution is 2.34. The summed E-state index contributed by atoms with van der Waals surface area (Å²) < 4.78 is 0. The topological polar surface area (TPSA) is 12.0 Å². The molecule has 0 aliphatic heterocycles. The average Bonchev–Trinajstić information content (AvgIpc) is 2.36. The standard InChI is InChI=1S/C16H28NP/c1-4-5-6-7-8-11-14-18(3)17-16-13-10-9-12-15(16)2/h9-10,12-13,17H,4-8,11,14H2,1-3H3. The first-order chi connectivity index (χ1) is 8.74. The first-order valence-electron chi connectivity index (χ1n) is 7.27. The predicted molar refractivity (Wildman–Crippen MR) is 85.9 cm³/mol. The van der Waals surface area contributed by atoms with Gasteiger partial charge in [-0.05, 0) is 45.9 Å². The summed E-state index contributed by atoms with van der Waals surface area (Å²) in [5.74, 6) is 0. The van der Waals surface area contributed by atoms with Gasteiger partial charge in [0.05, 0.1) is 0 Å². The zero-order valence-corrected chi connectivity index (χ0v) is 13.1. The van der Waals surface area contributed by atoms with Crippen molar-refractivity contribution >= 4 is 13.8 Å². The molecule has 2 heteroatoms. The van der Waals surface area contributed by atoms with Gasteiger partial charge < -0.3 is 5.09 Å². The van der Waals surface area contributed by atoms with Crippen molar-refractivity contribution in [3.63, 3.8) is 0 Å². The van der Waals surface area contributed by atoms with E-state index in [-0.39, 0.29) is 8.07 Å². The monoisotopic (exact) mass is 265 g/mol. The van der Waals surface area contributed by atoms with E-state index >= 15 is 0 Å². The summed E-state index contributed by atoms with van der Waals surface area (Å²) in [6.45, 7) is 6.81. The minimum Gasteiger partial charge on any atom is -0.364 e. The summed E-state index contributed by atoms with van der Waals surface area (Å²) in [6.07, 6.45) is 9.71. The van der Waals surface area contributed by atoms with Gasteiger partial charge in [0, 0.05) is 5.69 Å². The van der Waals surface area contributed by atoms with Crippen LogP contribution >= 0.6 is 8.07 Å². The highest BCUT2D eigenvalue weighted by Gasteiger charge is 2.03. The molecule has 1 unspecified atom stereocenters. The van der Waals surface area contributed by atoms with Crippen LogP contribution in [-0.4, -0.2) is 12.8 Å². The van der Waals surface area contributed by atoms with Gasteiger partial charge in [-0.3, -0.25) is 0 Å². The van der Waals surface area contributed by atoms with Gasteiger partial charge in [0.25, 0.3) is 0 Å². The van der Waals surface area contributed by atoms with Crippen molar-refractivity contribution in [2.24, 2.45) is 0 Å². The fourth-order valence-corrected chi connectivity index (χ4v) is 3.56. The number of benzene rings is 1. The van der Waals surface area contributed by atoms with Crippen molar-refractivity contribution in [3.8, 4) is 0 Å². The first kappa shape index (κ1) is 15.5. The van der Waals surface area contributed by atoms with Crippen LogP contribution in [0.1, 0.15) is 51.0 Å². The Bertz CT molecular complexity index is 325. The highest BCUT2D eigenvalue weighted by atomic mass is 31.1. The summed E-state index contributed by atoms with van der Waals surface area (Å²) in [5.41, 5.74) is 2.67. The van der Waals surface area contributed by atoms with E-state index in [1.807, 2.05) is 0 Å². The number of hydrogen-bond acceptors (Lipinski definition) is 1. The lowest BCUT2D eigenvalue weighted by Gasteiger charge is -2.16. The molecule has 0 radical (unpaired) electrons. The van der Waals surface area contributed by atoms with Crippen molar-refractivity contribution in [2.75, 3.05) is 17.9 Å². The number of hydrogen-bond donors (Lipinski definition) is 1. The summed E-state index contributed by atoms with van der Waals surface area (Å²) >= 11 is 0.